The molecule has 1 atom stereocenters. The summed E-state index contributed by atoms with van der Waals surface area (Å²) in [5, 5.41) is 3.26. The van der Waals surface area contributed by atoms with Gasteiger partial charge in [-0.2, -0.15) is 0 Å². The van der Waals surface area contributed by atoms with Crippen LogP contribution in [0.5, 0.6) is 0 Å². The highest BCUT2D eigenvalue weighted by Gasteiger charge is 2.02. The van der Waals surface area contributed by atoms with E-state index in [1.165, 1.54) is 11.1 Å². The number of hydrogen-bond acceptors (Lipinski definition) is 3. The highest BCUT2D eigenvalue weighted by Crippen LogP contribution is 2.19. The van der Waals surface area contributed by atoms with E-state index in [0.717, 1.165) is 18.4 Å². The van der Waals surface area contributed by atoms with Crippen molar-refractivity contribution in [3.63, 3.8) is 0 Å². The molecule has 0 aliphatic carbocycles. The third kappa shape index (κ3) is 3.37. The first kappa shape index (κ1) is 12.7. The van der Waals surface area contributed by atoms with Crippen molar-refractivity contribution in [3.05, 3.63) is 48.5 Å². The van der Waals surface area contributed by atoms with E-state index in [1.807, 2.05) is 19.4 Å². The lowest BCUT2D eigenvalue weighted by atomic mass is 10.0. The highest BCUT2D eigenvalue weighted by atomic mass is 14.8. The van der Waals surface area contributed by atoms with Gasteiger partial charge in [0.05, 0.1) is 0 Å². The predicted molar refractivity (Wildman–Crippen MR) is 74.3 cm³/mol. The maximum atomic E-state index is 4.06. The predicted octanol–water partition coefficient (Wildman–Crippen LogP) is 2.68. The summed E-state index contributed by atoms with van der Waals surface area (Å²) in [5.41, 5.74) is 3.62. The molecule has 0 saturated heterocycles. The number of aromatic nitrogens is 2. The maximum Gasteiger partial charge on any atom is 0.115 e. The number of aryl methyl sites for hydroxylation is 1. The Morgan fingerprint density at radius 1 is 1.17 bits per heavy atom. The molecule has 1 aromatic carbocycles. The van der Waals surface area contributed by atoms with Gasteiger partial charge in [-0.3, -0.25) is 0 Å². The molecule has 2 aromatic rings. The van der Waals surface area contributed by atoms with Gasteiger partial charge in [-0.15, -0.1) is 0 Å². The second-order valence-electron chi connectivity index (χ2n) is 4.56. The van der Waals surface area contributed by atoms with Crippen molar-refractivity contribution >= 4 is 0 Å². The zero-order chi connectivity index (χ0) is 12.8. The van der Waals surface area contributed by atoms with Crippen molar-refractivity contribution in [2.24, 2.45) is 0 Å². The van der Waals surface area contributed by atoms with Crippen LogP contribution in [0.3, 0.4) is 0 Å². The molecular weight excluding hydrogens is 222 g/mol. The maximum absolute atomic E-state index is 4.06. The van der Waals surface area contributed by atoms with Gasteiger partial charge in [0.1, 0.15) is 6.33 Å². The van der Waals surface area contributed by atoms with Gasteiger partial charge in [0.15, 0.2) is 0 Å². The Bertz CT molecular complexity index is 482. The van der Waals surface area contributed by atoms with Crippen LogP contribution in [0.15, 0.2) is 43.0 Å². The molecule has 0 spiro atoms. The van der Waals surface area contributed by atoms with Gasteiger partial charge in [0.25, 0.3) is 0 Å². The zero-order valence-corrected chi connectivity index (χ0v) is 10.9. The Balaban J connectivity index is 2.11. The quantitative estimate of drug-likeness (QED) is 0.874. The number of nitrogens with one attached hydrogen (secondary N) is 1. The number of benzene rings is 1. The Hall–Kier alpha value is -1.74. The van der Waals surface area contributed by atoms with Crippen LogP contribution in [-0.4, -0.2) is 23.1 Å². The van der Waals surface area contributed by atoms with Gasteiger partial charge in [0, 0.05) is 24.0 Å². The highest BCUT2D eigenvalue weighted by molar-refractivity contribution is 5.62. The second kappa shape index (κ2) is 6.26. The van der Waals surface area contributed by atoms with Gasteiger partial charge in [-0.25, -0.2) is 9.97 Å². The third-order valence-electron chi connectivity index (χ3n) is 3.18. The van der Waals surface area contributed by atoms with Crippen molar-refractivity contribution in [1.82, 2.24) is 15.3 Å². The van der Waals surface area contributed by atoms with Crippen LogP contribution >= 0.6 is 0 Å². The fraction of sp³-hybridized carbons (Fsp3) is 0.333. The van der Waals surface area contributed by atoms with Crippen LogP contribution in [0.2, 0.25) is 0 Å². The second-order valence-corrected chi connectivity index (χ2v) is 4.56. The van der Waals surface area contributed by atoms with Crippen LogP contribution in [-0.2, 0) is 6.42 Å². The Kier molecular flexibility index (Phi) is 4.42. The van der Waals surface area contributed by atoms with Crippen molar-refractivity contribution < 1.29 is 0 Å². The lowest BCUT2D eigenvalue weighted by Gasteiger charge is -2.10. The Labute approximate surface area is 108 Å². The number of nitrogens with zero attached hydrogens (tertiary/aromatic N) is 2. The molecular formula is C15H19N3. The van der Waals surface area contributed by atoms with Gasteiger partial charge in [0.2, 0.25) is 0 Å². The standard InChI is InChI=1S/C15H19N3/c1-12(16-2)6-7-13-4-3-5-14(8-13)15-9-17-11-18-10-15/h3-5,8-12,16H,6-7H2,1-2H3. The molecule has 1 N–H and O–H groups in total. The average molecular weight is 241 g/mol. The molecule has 0 fully saturated rings. The van der Waals surface area contributed by atoms with E-state index in [1.54, 1.807) is 6.33 Å². The zero-order valence-electron chi connectivity index (χ0n) is 10.9. The fourth-order valence-electron chi connectivity index (χ4n) is 1.88. The van der Waals surface area contributed by atoms with Crippen LogP contribution in [0, 0.1) is 0 Å². The smallest absolute Gasteiger partial charge is 0.115 e. The average Bonchev–Trinajstić information content (AvgIpc) is 2.46. The Morgan fingerprint density at radius 3 is 2.67 bits per heavy atom. The van der Waals surface area contributed by atoms with E-state index in [9.17, 15) is 0 Å². The minimum absolute atomic E-state index is 0.550. The van der Waals surface area contributed by atoms with E-state index in [-0.39, 0.29) is 0 Å². The van der Waals surface area contributed by atoms with E-state index < -0.39 is 0 Å². The van der Waals surface area contributed by atoms with E-state index >= 15 is 0 Å². The Morgan fingerprint density at radius 2 is 1.94 bits per heavy atom. The molecule has 3 heteroatoms. The lowest BCUT2D eigenvalue weighted by molar-refractivity contribution is 0.565. The molecule has 94 valence electrons. The summed E-state index contributed by atoms with van der Waals surface area (Å²) in [6, 6.07) is 9.15. The number of hydrogen-bond donors (Lipinski definition) is 1. The number of rotatable bonds is 5. The summed E-state index contributed by atoms with van der Waals surface area (Å²) >= 11 is 0. The molecule has 1 unspecified atom stereocenters. The van der Waals surface area contributed by atoms with E-state index in [0.29, 0.717) is 6.04 Å². The first-order valence-corrected chi connectivity index (χ1v) is 6.31. The normalized spacial score (nSPS) is 12.3. The molecule has 0 radical (unpaired) electrons. The summed E-state index contributed by atoms with van der Waals surface area (Å²) < 4.78 is 0. The van der Waals surface area contributed by atoms with Crippen molar-refractivity contribution in [2.75, 3.05) is 7.05 Å². The summed E-state index contributed by atoms with van der Waals surface area (Å²) in [6.07, 6.45) is 7.49. The lowest BCUT2D eigenvalue weighted by Crippen LogP contribution is -2.21. The monoisotopic (exact) mass is 241 g/mol. The van der Waals surface area contributed by atoms with Crippen molar-refractivity contribution in [3.8, 4) is 11.1 Å². The largest absolute Gasteiger partial charge is 0.317 e. The van der Waals surface area contributed by atoms with Crippen molar-refractivity contribution in [2.45, 2.75) is 25.8 Å². The molecule has 0 aliphatic heterocycles. The summed E-state index contributed by atoms with van der Waals surface area (Å²) in [7, 11) is 2.00. The van der Waals surface area contributed by atoms with Gasteiger partial charge in [-0.1, -0.05) is 24.3 Å². The van der Waals surface area contributed by atoms with Crippen LogP contribution in [0.4, 0.5) is 0 Å². The molecule has 0 aliphatic rings. The minimum atomic E-state index is 0.550. The SMILES string of the molecule is CNC(C)CCc1cccc(-c2cncnc2)c1. The molecule has 1 heterocycles. The van der Waals surface area contributed by atoms with Gasteiger partial charge < -0.3 is 5.32 Å². The van der Waals surface area contributed by atoms with Gasteiger partial charge >= 0.3 is 0 Å². The van der Waals surface area contributed by atoms with Crippen LogP contribution in [0.1, 0.15) is 18.9 Å². The first-order valence-electron chi connectivity index (χ1n) is 6.31. The van der Waals surface area contributed by atoms with Crippen LogP contribution in [0.25, 0.3) is 11.1 Å². The molecule has 0 bridgehead atoms. The van der Waals surface area contributed by atoms with E-state index in [4.69, 9.17) is 0 Å². The summed E-state index contributed by atoms with van der Waals surface area (Å²) in [4.78, 5) is 8.11. The molecule has 1 aromatic heterocycles. The minimum Gasteiger partial charge on any atom is -0.317 e. The fourth-order valence-corrected chi connectivity index (χ4v) is 1.88. The van der Waals surface area contributed by atoms with Crippen molar-refractivity contribution in [1.29, 1.82) is 0 Å². The molecule has 2 rings (SSSR count). The van der Waals surface area contributed by atoms with E-state index in [2.05, 4.69) is 46.5 Å². The van der Waals surface area contributed by atoms with Crippen LogP contribution < -0.4 is 5.32 Å². The molecule has 3 nitrogen and oxygen atoms in total. The summed E-state index contributed by atoms with van der Waals surface area (Å²) in [6.45, 7) is 2.20. The molecule has 18 heavy (non-hydrogen) atoms. The summed E-state index contributed by atoms with van der Waals surface area (Å²) in [5.74, 6) is 0. The third-order valence-corrected chi connectivity index (χ3v) is 3.18. The van der Waals surface area contributed by atoms with Gasteiger partial charge in [-0.05, 0) is 37.9 Å². The topological polar surface area (TPSA) is 37.8 Å². The molecule has 0 amide bonds. The molecule has 0 saturated carbocycles. The first-order chi connectivity index (χ1) is 8.79.